The maximum atomic E-state index is 12.6. The molecule has 2 heterocycles. The SMILES string of the molecule is COC(=O)c1c(NC(=S)Nc2ccc(S(=O)(=O)Nc3cc(OC)ncn3)cc2)sc(C)c1C. The van der Waals surface area contributed by atoms with Crippen molar-refractivity contribution in [3.8, 4) is 5.88 Å². The Kier molecular flexibility index (Phi) is 7.46. The molecule has 3 aromatic rings. The third-order valence-electron chi connectivity index (χ3n) is 4.51. The molecule has 0 radical (unpaired) electrons. The number of aromatic nitrogens is 2. The second kappa shape index (κ2) is 10.1. The van der Waals surface area contributed by atoms with Crippen molar-refractivity contribution in [3.63, 3.8) is 0 Å². The summed E-state index contributed by atoms with van der Waals surface area (Å²) in [6.07, 6.45) is 1.19. The summed E-state index contributed by atoms with van der Waals surface area (Å²) >= 11 is 6.73. The standard InChI is InChI=1S/C20H21N5O5S3/c1-11-12(2)32-18(17(11)19(26)30-4)24-20(31)23-13-5-7-14(8-6-13)33(27,28)25-15-9-16(29-3)22-10-21-15/h5-10H,1-4H3,(H,21,22,25)(H2,23,24,31). The monoisotopic (exact) mass is 507 g/mol. The molecule has 3 N–H and O–H groups in total. The van der Waals surface area contributed by atoms with E-state index in [0.29, 0.717) is 16.3 Å². The van der Waals surface area contributed by atoms with Gasteiger partial charge in [-0.2, -0.15) is 0 Å². The van der Waals surface area contributed by atoms with Gasteiger partial charge in [-0.1, -0.05) is 0 Å². The average molecular weight is 508 g/mol. The van der Waals surface area contributed by atoms with E-state index in [1.54, 1.807) is 12.1 Å². The Morgan fingerprint density at radius 2 is 1.79 bits per heavy atom. The van der Waals surface area contributed by atoms with E-state index in [9.17, 15) is 13.2 Å². The number of thiophene rings is 1. The van der Waals surface area contributed by atoms with Gasteiger partial charge in [-0.05, 0) is 55.9 Å². The lowest BCUT2D eigenvalue weighted by Gasteiger charge is -2.12. The largest absolute Gasteiger partial charge is 0.481 e. The zero-order valence-electron chi connectivity index (χ0n) is 18.1. The molecule has 1 aromatic carbocycles. The molecule has 33 heavy (non-hydrogen) atoms. The molecule has 0 spiro atoms. The summed E-state index contributed by atoms with van der Waals surface area (Å²) in [6.45, 7) is 3.74. The molecule has 0 aliphatic carbocycles. The number of aryl methyl sites for hydroxylation is 1. The smallest absolute Gasteiger partial charge is 0.341 e. The number of ether oxygens (including phenoxy) is 2. The highest BCUT2D eigenvalue weighted by Gasteiger charge is 2.21. The number of carbonyl (C=O) groups excluding carboxylic acids is 1. The number of rotatable bonds is 7. The van der Waals surface area contributed by atoms with Crippen LogP contribution in [0.15, 0.2) is 41.6 Å². The van der Waals surface area contributed by atoms with Crippen LogP contribution in [-0.2, 0) is 14.8 Å². The molecule has 0 aliphatic rings. The van der Waals surface area contributed by atoms with Crippen molar-refractivity contribution in [1.29, 1.82) is 0 Å². The van der Waals surface area contributed by atoms with Gasteiger partial charge in [-0.3, -0.25) is 4.72 Å². The third-order valence-corrected chi connectivity index (χ3v) is 7.21. The minimum atomic E-state index is -3.87. The topological polar surface area (TPSA) is 132 Å². The molecule has 0 aliphatic heterocycles. The first kappa shape index (κ1) is 24.4. The number of sulfonamides is 1. The molecule has 2 aromatic heterocycles. The highest BCUT2D eigenvalue weighted by molar-refractivity contribution is 7.92. The van der Waals surface area contributed by atoms with Crippen molar-refractivity contribution < 1.29 is 22.7 Å². The summed E-state index contributed by atoms with van der Waals surface area (Å²) in [4.78, 5) is 20.8. The molecule has 10 nitrogen and oxygen atoms in total. The van der Waals surface area contributed by atoms with Crippen LogP contribution in [0.1, 0.15) is 20.8 Å². The van der Waals surface area contributed by atoms with E-state index in [-0.39, 0.29) is 21.7 Å². The zero-order chi connectivity index (χ0) is 24.2. The number of nitrogens with one attached hydrogen (secondary N) is 3. The number of thiocarbonyl (C=S) groups is 1. The van der Waals surface area contributed by atoms with Gasteiger partial charge in [0.1, 0.15) is 17.1 Å². The number of hydrogen-bond acceptors (Lipinski definition) is 9. The highest BCUT2D eigenvalue weighted by atomic mass is 32.2. The highest BCUT2D eigenvalue weighted by Crippen LogP contribution is 2.33. The third kappa shape index (κ3) is 5.74. The summed E-state index contributed by atoms with van der Waals surface area (Å²) in [5.74, 6) is -0.141. The summed E-state index contributed by atoms with van der Waals surface area (Å²) in [5.41, 5.74) is 1.80. The Labute approximate surface area is 200 Å². The van der Waals surface area contributed by atoms with Crippen LogP contribution in [-0.4, -0.2) is 43.7 Å². The zero-order valence-corrected chi connectivity index (χ0v) is 20.6. The van der Waals surface area contributed by atoms with E-state index < -0.39 is 16.0 Å². The molecule has 0 unspecified atom stereocenters. The first-order valence-electron chi connectivity index (χ1n) is 9.40. The minimum absolute atomic E-state index is 0.0296. The Morgan fingerprint density at radius 1 is 1.09 bits per heavy atom. The average Bonchev–Trinajstić information content (AvgIpc) is 3.06. The van der Waals surface area contributed by atoms with Gasteiger partial charge in [0.2, 0.25) is 5.88 Å². The number of esters is 1. The van der Waals surface area contributed by atoms with Gasteiger partial charge in [0.25, 0.3) is 10.0 Å². The van der Waals surface area contributed by atoms with Crippen LogP contribution in [0.3, 0.4) is 0 Å². The van der Waals surface area contributed by atoms with Gasteiger partial charge < -0.3 is 20.1 Å². The molecular formula is C20H21N5O5S3. The second-order valence-corrected chi connectivity index (χ2v) is 9.95. The van der Waals surface area contributed by atoms with Gasteiger partial charge in [-0.15, -0.1) is 11.3 Å². The van der Waals surface area contributed by atoms with Crippen molar-refractivity contribution in [2.75, 3.05) is 29.6 Å². The summed E-state index contributed by atoms with van der Waals surface area (Å²) < 4.78 is 37.5. The molecule has 0 bridgehead atoms. The Bertz CT molecular complexity index is 1290. The van der Waals surface area contributed by atoms with Crippen LogP contribution < -0.4 is 20.1 Å². The number of anilines is 3. The van der Waals surface area contributed by atoms with Gasteiger partial charge in [0, 0.05) is 16.6 Å². The van der Waals surface area contributed by atoms with Crippen molar-refractivity contribution in [3.05, 3.63) is 52.7 Å². The van der Waals surface area contributed by atoms with Gasteiger partial charge in [0.15, 0.2) is 5.11 Å². The van der Waals surface area contributed by atoms with Crippen LogP contribution >= 0.6 is 23.6 Å². The lowest BCUT2D eigenvalue weighted by Crippen LogP contribution is -2.20. The number of hydrogen-bond donors (Lipinski definition) is 3. The van der Waals surface area contributed by atoms with Crippen LogP contribution in [0.2, 0.25) is 0 Å². The normalized spacial score (nSPS) is 10.9. The van der Waals surface area contributed by atoms with E-state index in [4.69, 9.17) is 21.7 Å². The van der Waals surface area contributed by atoms with Crippen molar-refractivity contribution in [2.24, 2.45) is 0 Å². The van der Waals surface area contributed by atoms with E-state index in [1.807, 2.05) is 13.8 Å². The fraction of sp³-hybridized carbons (Fsp3) is 0.200. The molecule has 174 valence electrons. The molecule has 3 rings (SSSR count). The molecule has 0 amide bonds. The van der Waals surface area contributed by atoms with Gasteiger partial charge in [0.05, 0.1) is 24.7 Å². The molecular weight excluding hydrogens is 486 g/mol. The minimum Gasteiger partial charge on any atom is -0.481 e. The second-order valence-electron chi connectivity index (χ2n) is 6.63. The van der Waals surface area contributed by atoms with Crippen LogP contribution in [0.4, 0.5) is 16.5 Å². The predicted octanol–water partition coefficient (Wildman–Crippen LogP) is 3.56. The molecule has 0 atom stereocenters. The maximum absolute atomic E-state index is 12.6. The van der Waals surface area contributed by atoms with Crippen LogP contribution in [0.5, 0.6) is 5.88 Å². The molecule has 0 saturated carbocycles. The summed E-state index contributed by atoms with van der Waals surface area (Å²) in [5, 5.41) is 6.78. The Balaban J connectivity index is 1.70. The van der Waals surface area contributed by atoms with E-state index in [2.05, 4.69) is 25.3 Å². The lowest BCUT2D eigenvalue weighted by atomic mass is 10.1. The first-order chi connectivity index (χ1) is 15.6. The van der Waals surface area contributed by atoms with Crippen LogP contribution in [0, 0.1) is 13.8 Å². The first-order valence-corrected chi connectivity index (χ1v) is 12.1. The number of benzene rings is 1. The molecule has 13 heteroatoms. The van der Waals surface area contributed by atoms with E-state index in [1.165, 1.54) is 50.1 Å². The van der Waals surface area contributed by atoms with Crippen molar-refractivity contribution in [2.45, 2.75) is 18.7 Å². The summed E-state index contributed by atoms with van der Waals surface area (Å²) in [7, 11) is -1.13. The molecule has 0 fully saturated rings. The quantitative estimate of drug-likeness (QED) is 0.322. The van der Waals surface area contributed by atoms with Gasteiger partial charge in [-0.25, -0.2) is 23.2 Å². The number of methoxy groups -OCH3 is 2. The Hall–Kier alpha value is -3.29. The fourth-order valence-corrected chi connectivity index (χ4v) is 5.09. The number of nitrogens with zero attached hydrogens (tertiary/aromatic N) is 2. The fourth-order valence-electron chi connectivity index (χ4n) is 2.75. The molecule has 0 saturated heterocycles. The predicted molar refractivity (Wildman–Crippen MR) is 131 cm³/mol. The van der Waals surface area contributed by atoms with Crippen LogP contribution in [0.25, 0.3) is 0 Å². The van der Waals surface area contributed by atoms with E-state index in [0.717, 1.165) is 10.4 Å². The van der Waals surface area contributed by atoms with E-state index >= 15 is 0 Å². The maximum Gasteiger partial charge on any atom is 0.341 e. The number of carbonyl (C=O) groups is 1. The van der Waals surface area contributed by atoms with Crippen molar-refractivity contribution in [1.82, 2.24) is 9.97 Å². The lowest BCUT2D eigenvalue weighted by molar-refractivity contribution is 0.0601. The van der Waals surface area contributed by atoms with Gasteiger partial charge >= 0.3 is 5.97 Å². The summed E-state index contributed by atoms with van der Waals surface area (Å²) in [6, 6.07) is 7.34. The van der Waals surface area contributed by atoms with Crippen molar-refractivity contribution >= 4 is 61.2 Å². The Morgan fingerprint density at radius 3 is 2.42 bits per heavy atom.